The molecule has 0 bridgehead atoms. The minimum atomic E-state index is 0.164. The van der Waals surface area contributed by atoms with E-state index < -0.39 is 0 Å². The van der Waals surface area contributed by atoms with Crippen LogP contribution < -0.4 is 11.2 Å². The molecular formula is C11H15N3OS. The summed E-state index contributed by atoms with van der Waals surface area (Å²) in [6.45, 7) is 2.01. The van der Waals surface area contributed by atoms with Gasteiger partial charge >= 0.3 is 0 Å². The van der Waals surface area contributed by atoms with E-state index in [0.717, 1.165) is 17.7 Å². The summed E-state index contributed by atoms with van der Waals surface area (Å²) in [5.41, 5.74) is 9.91. The number of phenolic OH excluding ortho intramolecular Hbond substituents is 1. The first-order valence-corrected chi connectivity index (χ1v) is 5.41. The number of rotatable bonds is 4. The number of hydrazone groups is 1. The molecule has 0 saturated carbocycles. The molecule has 0 amide bonds. The summed E-state index contributed by atoms with van der Waals surface area (Å²) in [5.74, 6) is 0.264. The van der Waals surface area contributed by atoms with Crippen molar-refractivity contribution in [3.05, 3.63) is 29.8 Å². The first-order chi connectivity index (χ1) is 7.61. The third kappa shape index (κ3) is 4.27. The van der Waals surface area contributed by atoms with E-state index in [2.05, 4.69) is 22.7 Å². The molecule has 86 valence electrons. The van der Waals surface area contributed by atoms with Gasteiger partial charge < -0.3 is 10.8 Å². The van der Waals surface area contributed by atoms with E-state index in [1.165, 1.54) is 0 Å². The van der Waals surface area contributed by atoms with Crippen molar-refractivity contribution < 1.29 is 5.11 Å². The normalized spacial score (nSPS) is 11.2. The summed E-state index contributed by atoms with van der Waals surface area (Å²) in [6.07, 6.45) is 1.53. The second-order valence-electron chi connectivity index (χ2n) is 3.35. The molecule has 5 heteroatoms. The van der Waals surface area contributed by atoms with Crippen LogP contribution in [0.3, 0.4) is 0 Å². The van der Waals surface area contributed by atoms with E-state index in [4.69, 9.17) is 10.8 Å². The topological polar surface area (TPSA) is 70.6 Å². The van der Waals surface area contributed by atoms with E-state index in [1.807, 2.05) is 19.1 Å². The van der Waals surface area contributed by atoms with Gasteiger partial charge in [-0.2, -0.15) is 5.10 Å². The third-order valence-electron chi connectivity index (χ3n) is 2.08. The summed E-state index contributed by atoms with van der Waals surface area (Å²) < 4.78 is 0. The maximum atomic E-state index is 9.15. The Morgan fingerprint density at radius 2 is 2.06 bits per heavy atom. The number of nitrogens with zero attached hydrogens (tertiary/aromatic N) is 1. The lowest BCUT2D eigenvalue weighted by atomic mass is 10.1. The lowest BCUT2D eigenvalue weighted by Crippen LogP contribution is -2.25. The Hall–Kier alpha value is -1.62. The summed E-state index contributed by atoms with van der Waals surface area (Å²) in [7, 11) is 0. The van der Waals surface area contributed by atoms with E-state index in [-0.39, 0.29) is 10.9 Å². The zero-order valence-electron chi connectivity index (χ0n) is 9.10. The number of benzene rings is 1. The van der Waals surface area contributed by atoms with Gasteiger partial charge in [0.2, 0.25) is 0 Å². The van der Waals surface area contributed by atoms with Crippen LogP contribution in [0.15, 0.2) is 29.4 Å². The molecule has 0 aliphatic heterocycles. The predicted octanol–water partition coefficient (Wildman–Crippen LogP) is 1.53. The highest BCUT2D eigenvalue weighted by atomic mass is 32.1. The van der Waals surface area contributed by atoms with Crippen molar-refractivity contribution in [3.8, 4) is 5.75 Å². The molecule has 0 heterocycles. The lowest BCUT2D eigenvalue weighted by Gasteiger charge is -2.05. The summed E-state index contributed by atoms with van der Waals surface area (Å²) >= 11 is 4.67. The number of aromatic hydroxyl groups is 1. The van der Waals surface area contributed by atoms with E-state index in [9.17, 15) is 0 Å². The molecule has 0 radical (unpaired) electrons. The fourth-order valence-electron chi connectivity index (χ4n) is 1.23. The van der Waals surface area contributed by atoms with Gasteiger partial charge in [0, 0.05) is 12.1 Å². The summed E-state index contributed by atoms with van der Waals surface area (Å²) in [6, 6.07) is 7.04. The van der Waals surface area contributed by atoms with Crippen LogP contribution in [0.25, 0.3) is 0 Å². The number of phenols is 1. The van der Waals surface area contributed by atoms with Crippen molar-refractivity contribution in [2.75, 3.05) is 0 Å². The number of nitrogens with one attached hydrogen (secondary N) is 1. The molecule has 1 rings (SSSR count). The SMILES string of the molecule is CC/C(Cc1ccc(O)cc1)=N\NC(N)=S. The highest BCUT2D eigenvalue weighted by Gasteiger charge is 2.00. The molecule has 4 nitrogen and oxygen atoms in total. The second-order valence-corrected chi connectivity index (χ2v) is 3.79. The third-order valence-corrected chi connectivity index (χ3v) is 2.17. The number of thiocarbonyl (C=S) groups is 1. The molecular weight excluding hydrogens is 222 g/mol. The van der Waals surface area contributed by atoms with Crippen LogP contribution in [0.2, 0.25) is 0 Å². The number of nitrogens with two attached hydrogens (primary N) is 1. The Labute approximate surface area is 100 Å². The molecule has 0 spiro atoms. The van der Waals surface area contributed by atoms with Gasteiger partial charge in [-0.25, -0.2) is 0 Å². The highest BCUT2D eigenvalue weighted by Crippen LogP contribution is 2.11. The molecule has 1 aromatic rings. The van der Waals surface area contributed by atoms with Crippen molar-refractivity contribution in [1.82, 2.24) is 5.43 Å². The molecule has 16 heavy (non-hydrogen) atoms. The Kier molecular flexibility index (Phi) is 4.72. The first kappa shape index (κ1) is 12.4. The maximum Gasteiger partial charge on any atom is 0.184 e. The van der Waals surface area contributed by atoms with Crippen LogP contribution in [0.4, 0.5) is 0 Å². The zero-order chi connectivity index (χ0) is 12.0. The Morgan fingerprint density at radius 3 is 2.56 bits per heavy atom. The fraction of sp³-hybridized carbons (Fsp3) is 0.273. The van der Waals surface area contributed by atoms with Crippen LogP contribution in [-0.4, -0.2) is 15.9 Å². The van der Waals surface area contributed by atoms with Crippen molar-refractivity contribution in [2.45, 2.75) is 19.8 Å². The minimum absolute atomic E-state index is 0.164. The van der Waals surface area contributed by atoms with E-state index >= 15 is 0 Å². The molecule has 0 atom stereocenters. The minimum Gasteiger partial charge on any atom is -0.508 e. The second kappa shape index (κ2) is 6.07. The largest absolute Gasteiger partial charge is 0.508 e. The summed E-state index contributed by atoms with van der Waals surface area (Å²) in [5, 5.41) is 13.4. The zero-order valence-corrected chi connectivity index (χ0v) is 9.92. The Morgan fingerprint density at radius 1 is 1.44 bits per heavy atom. The van der Waals surface area contributed by atoms with Crippen LogP contribution in [0, 0.1) is 0 Å². The number of hydrogen-bond donors (Lipinski definition) is 3. The molecule has 0 aromatic heterocycles. The Balaban J connectivity index is 2.66. The molecule has 0 unspecified atom stereocenters. The average Bonchev–Trinajstić information content (AvgIpc) is 2.26. The monoisotopic (exact) mass is 237 g/mol. The van der Waals surface area contributed by atoms with Gasteiger partial charge in [0.25, 0.3) is 0 Å². The van der Waals surface area contributed by atoms with Crippen LogP contribution >= 0.6 is 12.2 Å². The standard InChI is InChI=1S/C11H15N3OS/c1-2-9(13-14-11(12)16)7-8-3-5-10(15)6-4-8/h3-6,15H,2,7H2,1H3,(H3,12,14,16)/b13-9+. The van der Waals surface area contributed by atoms with Gasteiger partial charge in [-0.15, -0.1) is 0 Å². The quantitative estimate of drug-likeness (QED) is 0.422. The smallest absolute Gasteiger partial charge is 0.184 e. The van der Waals surface area contributed by atoms with E-state index in [0.29, 0.717) is 6.42 Å². The molecule has 0 aliphatic carbocycles. The van der Waals surface area contributed by atoms with Crippen molar-refractivity contribution in [1.29, 1.82) is 0 Å². The van der Waals surface area contributed by atoms with Gasteiger partial charge in [0.1, 0.15) is 5.75 Å². The van der Waals surface area contributed by atoms with Gasteiger partial charge in [-0.1, -0.05) is 19.1 Å². The van der Waals surface area contributed by atoms with Gasteiger partial charge in [-0.05, 0) is 36.3 Å². The van der Waals surface area contributed by atoms with Gasteiger partial charge in [0.15, 0.2) is 5.11 Å². The predicted molar refractivity (Wildman–Crippen MR) is 69.5 cm³/mol. The fourth-order valence-corrected chi connectivity index (χ4v) is 1.27. The number of hydrogen-bond acceptors (Lipinski definition) is 3. The lowest BCUT2D eigenvalue weighted by molar-refractivity contribution is 0.475. The highest BCUT2D eigenvalue weighted by molar-refractivity contribution is 7.80. The van der Waals surface area contributed by atoms with Gasteiger partial charge in [0.05, 0.1) is 0 Å². The van der Waals surface area contributed by atoms with Crippen LogP contribution in [0.1, 0.15) is 18.9 Å². The van der Waals surface area contributed by atoms with Crippen molar-refractivity contribution >= 4 is 23.0 Å². The van der Waals surface area contributed by atoms with Crippen LogP contribution in [0.5, 0.6) is 5.75 Å². The summed E-state index contributed by atoms with van der Waals surface area (Å²) in [4.78, 5) is 0. The van der Waals surface area contributed by atoms with Crippen molar-refractivity contribution in [2.24, 2.45) is 10.8 Å². The Bertz CT molecular complexity index is 387. The molecule has 1 aromatic carbocycles. The maximum absolute atomic E-state index is 9.15. The molecule has 0 saturated heterocycles. The van der Waals surface area contributed by atoms with E-state index in [1.54, 1.807) is 12.1 Å². The molecule has 4 N–H and O–H groups in total. The van der Waals surface area contributed by atoms with Crippen LogP contribution in [-0.2, 0) is 6.42 Å². The van der Waals surface area contributed by atoms with Crippen molar-refractivity contribution in [3.63, 3.8) is 0 Å². The first-order valence-electron chi connectivity index (χ1n) is 5.00. The molecule has 0 fully saturated rings. The van der Waals surface area contributed by atoms with Gasteiger partial charge in [-0.3, -0.25) is 5.43 Å². The average molecular weight is 237 g/mol. The molecule has 0 aliphatic rings.